The number of hydrogen-bond acceptors (Lipinski definition) is 5. The van der Waals surface area contributed by atoms with Gasteiger partial charge in [-0.15, -0.1) is 0 Å². The Morgan fingerprint density at radius 2 is 2.10 bits per heavy atom. The first-order valence-corrected chi connectivity index (χ1v) is 6.53. The van der Waals surface area contributed by atoms with Crippen molar-refractivity contribution < 1.29 is 9.66 Å². The fourth-order valence-electron chi connectivity index (χ4n) is 2.01. The molecule has 2 rings (SSSR count). The lowest BCUT2D eigenvalue weighted by Gasteiger charge is -2.16. The van der Waals surface area contributed by atoms with E-state index < -0.39 is 0 Å². The third-order valence-electron chi connectivity index (χ3n) is 3.26. The Bertz CT molecular complexity index is 641. The van der Waals surface area contributed by atoms with Crippen LogP contribution in [0.5, 0.6) is 5.88 Å². The van der Waals surface area contributed by atoms with Crippen LogP contribution in [0.4, 0.5) is 11.4 Å². The Hall–Kier alpha value is -2.63. The molecule has 2 aromatic rings. The highest BCUT2D eigenvalue weighted by molar-refractivity contribution is 5.48. The molecule has 0 aliphatic carbocycles. The minimum Gasteiger partial charge on any atom is -0.481 e. The third-order valence-corrected chi connectivity index (χ3v) is 3.26. The van der Waals surface area contributed by atoms with E-state index in [2.05, 4.69) is 10.3 Å². The van der Waals surface area contributed by atoms with Gasteiger partial charge in [-0.05, 0) is 25.5 Å². The minimum atomic E-state index is -0.361. The quantitative estimate of drug-likeness (QED) is 0.673. The number of nitro groups is 1. The summed E-state index contributed by atoms with van der Waals surface area (Å²) >= 11 is 0. The Balaban J connectivity index is 2.17. The molecule has 1 atom stereocenters. The van der Waals surface area contributed by atoms with Gasteiger partial charge in [0.05, 0.1) is 23.9 Å². The SMILES string of the molecule is COc1ccc(NC(C)c2ccc(C)c([N+](=O)[O-])c2)cn1. The summed E-state index contributed by atoms with van der Waals surface area (Å²) in [6, 6.07) is 8.79. The number of methoxy groups -OCH3 is 1. The molecule has 1 aromatic carbocycles. The number of hydrogen-bond donors (Lipinski definition) is 1. The van der Waals surface area contributed by atoms with Gasteiger partial charge >= 0.3 is 0 Å². The molecule has 1 N–H and O–H groups in total. The van der Waals surface area contributed by atoms with Crippen LogP contribution in [0, 0.1) is 17.0 Å². The maximum absolute atomic E-state index is 11.0. The second-order valence-corrected chi connectivity index (χ2v) is 4.76. The lowest BCUT2D eigenvalue weighted by molar-refractivity contribution is -0.385. The van der Waals surface area contributed by atoms with Gasteiger partial charge in [-0.3, -0.25) is 10.1 Å². The molecule has 0 bridgehead atoms. The largest absolute Gasteiger partial charge is 0.481 e. The average Bonchev–Trinajstić information content (AvgIpc) is 2.48. The van der Waals surface area contributed by atoms with Gasteiger partial charge < -0.3 is 10.1 Å². The molecule has 0 fully saturated rings. The highest BCUT2D eigenvalue weighted by Gasteiger charge is 2.14. The summed E-state index contributed by atoms with van der Waals surface area (Å²) in [5, 5.41) is 14.2. The predicted molar refractivity (Wildman–Crippen MR) is 80.7 cm³/mol. The Kier molecular flexibility index (Phi) is 4.37. The van der Waals surface area contributed by atoms with Crippen LogP contribution in [-0.4, -0.2) is 17.0 Å². The second kappa shape index (κ2) is 6.21. The summed E-state index contributed by atoms with van der Waals surface area (Å²) in [4.78, 5) is 14.7. The van der Waals surface area contributed by atoms with E-state index >= 15 is 0 Å². The summed E-state index contributed by atoms with van der Waals surface area (Å²) in [7, 11) is 1.56. The monoisotopic (exact) mass is 287 g/mol. The highest BCUT2D eigenvalue weighted by Crippen LogP contribution is 2.25. The molecule has 21 heavy (non-hydrogen) atoms. The van der Waals surface area contributed by atoms with Crippen molar-refractivity contribution in [2.24, 2.45) is 0 Å². The van der Waals surface area contributed by atoms with Crippen molar-refractivity contribution in [3.63, 3.8) is 0 Å². The van der Waals surface area contributed by atoms with Crippen molar-refractivity contribution in [1.29, 1.82) is 0 Å². The molecule has 0 aliphatic heterocycles. The molecular weight excluding hydrogens is 270 g/mol. The number of ether oxygens (including phenoxy) is 1. The summed E-state index contributed by atoms with van der Waals surface area (Å²) < 4.78 is 5.00. The molecule has 0 aliphatic rings. The number of pyridine rings is 1. The molecule has 0 saturated heterocycles. The lowest BCUT2D eigenvalue weighted by atomic mass is 10.0. The molecule has 0 saturated carbocycles. The summed E-state index contributed by atoms with van der Waals surface area (Å²) in [5.41, 5.74) is 2.46. The summed E-state index contributed by atoms with van der Waals surface area (Å²) in [6.45, 7) is 3.67. The van der Waals surface area contributed by atoms with E-state index in [-0.39, 0.29) is 16.7 Å². The number of nitrogens with zero attached hydrogens (tertiary/aromatic N) is 2. The Labute approximate surface area is 122 Å². The third kappa shape index (κ3) is 3.47. The van der Waals surface area contributed by atoms with Gasteiger partial charge in [0.2, 0.25) is 5.88 Å². The number of aromatic nitrogens is 1. The van der Waals surface area contributed by atoms with E-state index in [4.69, 9.17) is 4.74 Å². The number of nitro benzene ring substituents is 1. The molecule has 0 radical (unpaired) electrons. The molecule has 1 unspecified atom stereocenters. The fraction of sp³-hybridized carbons (Fsp3) is 0.267. The van der Waals surface area contributed by atoms with Crippen molar-refractivity contribution in [2.75, 3.05) is 12.4 Å². The van der Waals surface area contributed by atoms with Gasteiger partial charge in [-0.2, -0.15) is 0 Å². The van der Waals surface area contributed by atoms with Gasteiger partial charge in [-0.1, -0.05) is 12.1 Å². The van der Waals surface area contributed by atoms with Crippen molar-refractivity contribution in [1.82, 2.24) is 4.98 Å². The van der Waals surface area contributed by atoms with Crippen molar-refractivity contribution >= 4 is 11.4 Å². The van der Waals surface area contributed by atoms with Crippen LogP contribution in [0.15, 0.2) is 36.5 Å². The number of nitrogens with one attached hydrogen (secondary N) is 1. The Morgan fingerprint density at radius 3 is 2.67 bits per heavy atom. The standard InChI is InChI=1S/C15H17N3O3/c1-10-4-5-12(8-14(10)18(19)20)11(2)17-13-6-7-15(21-3)16-9-13/h4-9,11,17H,1-3H3. The maximum Gasteiger partial charge on any atom is 0.272 e. The van der Waals surface area contributed by atoms with E-state index in [0.29, 0.717) is 11.4 Å². The first kappa shape index (κ1) is 14.8. The summed E-state index contributed by atoms with van der Waals surface area (Å²) in [5.74, 6) is 0.541. The number of benzene rings is 1. The van der Waals surface area contributed by atoms with Crippen LogP contribution in [-0.2, 0) is 0 Å². The minimum absolute atomic E-state index is 0.0699. The van der Waals surface area contributed by atoms with E-state index in [1.54, 1.807) is 38.4 Å². The zero-order chi connectivity index (χ0) is 15.4. The predicted octanol–water partition coefficient (Wildman–Crippen LogP) is 3.48. The van der Waals surface area contributed by atoms with Crippen molar-refractivity contribution in [2.45, 2.75) is 19.9 Å². The Morgan fingerprint density at radius 1 is 1.33 bits per heavy atom. The molecule has 110 valence electrons. The lowest BCUT2D eigenvalue weighted by Crippen LogP contribution is -2.07. The van der Waals surface area contributed by atoms with Crippen LogP contribution in [0.1, 0.15) is 24.1 Å². The first-order valence-electron chi connectivity index (χ1n) is 6.53. The number of rotatable bonds is 5. The van der Waals surface area contributed by atoms with Crippen LogP contribution in [0.3, 0.4) is 0 Å². The van der Waals surface area contributed by atoms with Crippen LogP contribution in [0.25, 0.3) is 0 Å². The summed E-state index contributed by atoms with van der Waals surface area (Å²) in [6.07, 6.45) is 1.66. The zero-order valence-electron chi connectivity index (χ0n) is 12.2. The van der Waals surface area contributed by atoms with E-state index in [0.717, 1.165) is 11.3 Å². The first-order chi connectivity index (χ1) is 10.0. The topological polar surface area (TPSA) is 77.3 Å². The van der Waals surface area contributed by atoms with Gasteiger partial charge in [0.1, 0.15) is 0 Å². The van der Waals surface area contributed by atoms with Gasteiger partial charge in [0.15, 0.2) is 0 Å². The zero-order valence-corrected chi connectivity index (χ0v) is 12.2. The van der Waals surface area contributed by atoms with E-state index in [1.165, 1.54) is 0 Å². The van der Waals surface area contributed by atoms with Gasteiger partial charge in [-0.25, -0.2) is 4.98 Å². The number of aryl methyl sites for hydroxylation is 1. The van der Waals surface area contributed by atoms with E-state index in [9.17, 15) is 10.1 Å². The van der Waals surface area contributed by atoms with Gasteiger partial charge in [0.25, 0.3) is 5.69 Å². The van der Waals surface area contributed by atoms with Crippen molar-refractivity contribution in [3.05, 3.63) is 57.8 Å². The number of anilines is 1. The maximum atomic E-state index is 11.0. The molecule has 6 nitrogen and oxygen atoms in total. The molecule has 0 spiro atoms. The molecule has 6 heteroatoms. The van der Waals surface area contributed by atoms with Crippen LogP contribution < -0.4 is 10.1 Å². The molecule has 1 aromatic heterocycles. The molecule has 0 amide bonds. The molecule has 1 heterocycles. The molecular formula is C15H17N3O3. The average molecular weight is 287 g/mol. The van der Waals surface area contributed by atoms with Gasteiger partial charge in [0, 0.05) is 23.7 Å². The fourth-order valence-corrected chi connectivity index (χ4v) is 2.01. The normalized spacial score (nSPS) is 11.8. The smallest absolute Gasteiger partial charge is 0.272 e. The van der Waals surface area contributed by atoms with Crippen LogP contribution >= 0.6 is 0 Å². The van der Waals surface area contributed by atoms with E-state index in [1.807, 2.05) is 19.1 Å². The van der Waals surface area contributed by atoms with Crippen LogP contribution in [0.2, 0.25) is 0 Å². The van der Waals surface area contributed by atoms with Crippen molar-refractivity contribution in [3.8, 4) is 5.88 Å². The highest BCUT2D eigenvalue weighted by atomic mass is 16.6. The second-order valence-electron chi connectivity index (χ2n) is 4.76.